The lowest BCUT2D eigenvalue weighted by molar-refractivity contribution is 0.444. The first kappa shape index (κ1) is 31.2. The number of rotatable bonds is 4. The van der Waals surface area contributed by atoms with E-state index in [0.717, 1.165) is 55.9 Å². The van der Waals surface area contributed by atoms with Gasteiger partial charge in [-0.05, 0) is 77.6 Å². The number of para-hydroxylation sites is 1. The van der Waals surface area contributed by atoms with E-state index < -0.39 is 0 Å². The summed E-state index contributed by atoms with van der Waals surface area (Å²) >= 11 is 0. The summed E-state index contributed by atoms with van der Waals surface area (Å²) in [4.78, 5) is 14.7. The average molecular weight is 588 g/mol. The minimum absolute atomic E-state index is 0.0820. The zero-order valence-electron chi connectivity index (χ0n) is 28.0. The maximum atomic E-state index is 11.3. The van der Waals surface area contributed by atoms with Crippen molar-refractivity contribution in [2.75, 3.05) is 0 Å². The summed E-state index contributed by atoms with van der Waals surface area (Å²) in [6.45, 7) is 23.6. The predicted molar refractivity (Wildman–Crippen MR) is 184 cm³/mol. The van der Waals surface area contributed by atoms with E-state index in [1.54, 1.807) is 6.21 Å². The minimum atomic E-state index is -0.223. The molecule has 0 aliphatic heterocycles. The van der Waals surface area contributed by atoms with Crippen LogP contribution < -0.4 is 0 Å². The van der Waals surface area contributed by atoms with Crippen molar-refractivity contribution in [1.82, 2.24) is 9.97 Å². The molecule has 3 aromatic carbocycles. The average Bonchev–Trinajstić information content (AvgIpc) is 3.35. The summed E-state index contributed by atoms with van der Waals surface area (Å²) in [5.74, 6) is 0.760. The summed E-state index contributed by atoms with van der Waals surface area (Å²) < 4.78 is 6.50. The van der Waals surface area contributed by atoms with Gasteiger partial charge >= 0.3 is 0 Å². The third kappa shape index (κ3) is 6.19. The van der Waals surface area contributed by atoms with Gasteiger partial charge in [0.2, 0.25) is 5.89 Å². The number of hydrogen-bond donors (Lipinski definition) is 1. The molecular formula is C39H45N3O2. The van der Waals surface area contributed by atoms with Gasteiger partial charge in [-0.1, -0.05) is 86.6 Å². The topological polar surface area (TPSA) is 71.5 Å². The van der Waals surface area contributed by atoms with E-state index in [2.05, 4.69) is 86.6 Å². The van der Waals surface area contributed by atoms with Gasteiger partial charge < -0.3 is 9.52 Å². The second kappa shape index (κ2) is 11.0. The first-order valence-electron chi connectivity index (χ1n) is 15.3. The van der Waals surface area contributed by atoms with Gasteiger partial charge in [0.05, 0.1) is 11.3 Å². The molecule has 0 amide bonds. The highest BCUT2D eigenvalue weighted by Crippen LogP contribution is 2.40. The van der Waals surface area contributed by atoms with E-state index in [4.69, 9.17) is 19.4 Å². The van der Waals surface area contributed by atoms with Gasteiger partial charge in [0, 0.05) is 39.9 Å². The molecule has 0 aliphatic rings. The van der Waals surface area contributed by atoms with Crippen molar-refractivity contribution in [2.45, 2.75) is 92.4 Å². The molecule has 0 bridgehead atoms. The molecule has 0 saturated heterocycles. The van der Waals surface area contributed by atoms with Gasteiger partial charge in [-0.2, -0.15) is 0 Å². The number of pyridine rings is 1. The summed E-state index contributed by atoms with van der Waals surface area (Å²) in [7, 11) is 0. The van der Waals surface area contributed by atoms with Crippen LogP contribution >= 0.6 is 0 Å². The molecule has 5 heteroatoms. The SMILES string of the molecule is Cc1ccc(-c2cc(C(C)(C)C)cc3oc(-c4ccccc4N=Cc4cc(C(C)(C)C)cc(C(C)(C)C)c4O)nc23)c(C)n1. The van der Waals surface area contributed by atoms with Crippen LogP contribution in [0.15, 0.2) is 70.1 Å². The number of hydrogen-bond acceptors (Lipinski definition) is 5. The van der Waals surface area contributed by atoms with Crippen molar-refractivity contribution in [3.05, 3.63) is 94.3 Å². The molecule has 0 unspecified atom stereocenters. The van der Waals surface area contributed by atoms with E-state index in [1.807, 2.05) is 50.2 Å². The first-order chi connectivity index (χ1) is 20.4. The van der Waals surface area contributed by atoms with Crippen LogP contribution in [0, 0.1) is 13.8 Å². The number of oxazole rings is 1. The van der Waals surface area contributed by atoms with E-state index in [1.165, 1.54) is 0 Å². The van der Waals surface area contributed by atoms with Crippen LogP contribution in [-0.2, 0) is 16.2 Å². The molecule has 228 valence electrons. The fourth-order valence-electron chi connectivity index (χ4n) is 5.42. The van der Waals surface area contributed by atoms with E-state index in [9.17, 15) is 5.11 Å². The van der Waals surface area contributed by atoms with E-state index in [0.29, 0.717) is 17.1 Å². The summed E-state index contributed by atoms with van der Waals surface area (Å²) in [5.41, 5.74) is 10.5. The number of fused-ring (bicyclic) bond motifs is 1. The van der Waals surface area contributed by atoms with Crippen LogP contribution in [0.25, 0.3) is 33.7 Å². The maximum Gasteiger partial charge on any atom is 0.229 e. The van der Waals surface area contributed by atoms with Crippen molar-refractivity contribution >= 4 is 23.0 Å². The predicted octanol–water partition coefficient (Wildman–Crippen LogP) is 10.5. The Labute approximate surface area is 262 Å². The molecule has 5 rings (SSSR count). The third-order valence-electron chi connectivity index (χ3n) is 8.17. The van der Waals surface area contributed by atoms with Crippen LogP contribution in [0.2, 0.25) is 0 Å². The van der Waals surface area contributed by atoms with Crippen LogP contribution in [-0.4, -0.2) is 21.3 Å². The summed E-state index contributed by atoms with van der Waals surface area (Å²) in [5, 5.41) is 11.3. The Kier molecular flexibility index (Phi) is 7.82. The molecule has 2 heterocycles. The van der Waals surface area contributed by atoms with Gasteiger partial charge in [0.25, 0.3) is 0 Å². The highest BCUT2D eigenvalue weighted by Gasteiger charge is 2.25. The van der Waals surface area contributed by atoms with E-state index >= 15 is 0 Å². The van der Waals surface area contributed by atoms with Crippen LogP contribution in [0.4, 0.5) is 5.69 Å². The van der Waals surface area contributed by atoms with Crippen molar-refractivity contribution in [2.24, 2.45) is 4.99 Å². The number of phenolic OH excluding ortho intramolecular Hbond substituents is 1. The third-order valence-corrected chi connectivity index (χ3v) is 8.17. The lowest BCUT2D eigenvalue weighted by Crippen LogP contribution is -2.17. The Bertz CT molecular complexity index is 1890. The van der Waals surface area contributed by atoms with Gasteiger partial charge in [-0.3, -0.25) is 9.98 Å². The number of nitrogens with zero attached hydrogens (tertiary/aromatic N) is 3. The van der Waals surface area contributed by atoms with Crippen molar-refractivity contribution in [3.8, 4) is 28.3 Å². The van der Waals surface area contributed by atoms with Crippen LogP contribution in [0.5, 0.6) is 5.75 Å². The Hall–Kier alpha value is -4.25. The lowest BCUT2D eigenvalue weighted by atomic mass is 9.79. The second-order valence-corrected chi connectivity index (χ2v) is 15.0. The van der Waals surface area contributed by atoms with E-state index in [-0.39, 0.29) is 22.0 Å². The molecular weight excluding hydrogens is 542 g/mol. The number of aromatic hydroxyl groups is 1. The number of phenols is 1. The number of aryl methyl sites for hydroxylation is 2. The van der Waals surface area contributed by atoms with Crippen LogP contribution in [0.1, 0.15) is 96.0 Å². The fraction of sp³-hybridized carbons (Fsp3) is 0.359. The molecule has 5 nitrogen and oxygen atoms in total. The van der Waals surface area contributed by atoms with Gasteiger partial charge in [-0.15, -0.1) is 0 Å². The van der Waals surface area contributed by atoms with Gasteiger partial charge in [0.1, 0.15) is 11.3 Å². The lowest BCUT2D eigenvalue weighted by Gasteiger charge is -2.27. The standard InChI is InChI=1S/C39H45N3O2/c1-23-16-17-28(24(2)41-23)30-19-27(38(6,7)8)21-33-34(30)42-36(44-33)29-14-12-13-15-32(29)40-22-25-18-26(37(3,4)5)20-31(35(25)43)39(9,10)11/h12-22,43H,1-11H3. The summed E-state index contributed by atoms with van der Waals surface area (Å²) in [6, 6.07) is 20.5. The number of benzene rings is 3. The molecule has 0 fully saturated rings. The molecule has 2 aromatic heterocycles. The second-order valence-electron chi connectivity index (χ2n) is 15.0. The largest absolute Gasteiger partial charge is 0.507 e. The van der Waals surface area contributed by atoms with Crippen molar-refractivity contribution in [1.29, 1.82) is 0 Å². The number of aliphatic imine (C=N–C) groups is 1. The molecule has 0 radical (unpaired) electrons. The molecule has 1 N–H and O–H groups in total. The molecule has 0 aliphatic carbocycles. The normalized spacial score (nSPS) is 12.9. The highest BCUT2D eigenvalue weighted by molar-refractivity contribution is 5.95. The van der Waals surface area contributed by atoms with Crippen molar-refractivity contribution in [3.63, 3.8) is 0 Å². The smallest absolute Gasteiger partial charge is 0.229 e. The quantitative estimate of drug-likeness (QED) is 0.212. The first-order valence-corrected chi connectivity index (χ1v) is 15.3. The Balaban J connectivity index is 1.66. The molecule has 5 aromatic rings. The van der Waals surface area contributed by atoms with Gasteiger partial charge in [-0.25, -0.2) is 4.98 Å². The maximum absolute atomic E-state index is 11.3. The van der Waals surface area contributed by atoms with Gasteiger partial charge in [0.15, 0.2) is 5.58 Å². The molecule has 0 spiro atoms. The minimum Gasteiger partial charge on any atom is -0.507 e. The summed E-state index contributed by atoms with van der Waals surface area (Å²) in [6.07, 6.45) is 1.76. The van der Waals surface area contributed by atoms with Crippen molar-refractivity contribution < 1.29 is 9.52 Å². The zero-order chi connectivity index (χ0) is 32.2. The monoisotopic (exact) mass is 587 g/mol. The molecule has 44 heavy (non-hydrogen) atoms. The Morgan fingerprint density at radius 1 is 0.705 bits per heavy atom. The van der Waals surface area contributed by atoms with Crippen LogP contribution in [0.3, 0.4) is 0 Å². The Morgan fingerprint density at radius 3 is 2.00 bits per heavy atom. The molecule has 0 atom stereocenters. The Morgan fingerprint density at radius 2 is 1.36 bits per heavy atom. The highest BCUT2D eigenvalue weighted by atomic mass is 16.3. The number of aromatic nitrogens is 2. The zero-order valence-corrected chi connectivity index (χ0v) is 28.0. The molecule has 0 saturated carbocycles. The fourth-order valence-corrected chi connectivity index (χ4v) is 5.42.